The molecule has 0 aliphatic heterocycles. The second kappa shape index (κ2) is 3.91. The minimum absolute atomic E-state index is 0.0209. The summed E-state index contributed by atoms with van der Waals surface area (Å²) in [5, 5.41) is 17.6. The van der Waals surface area contributed by atoms with Gasteiger partial charge in [0.25, 0.3) is 0 Å². The second-order valence-electron chi connectivity index (χ2n) is 2.99. The molecule has 0 heterocycles. The number of Topliss-reactive ketones (excluding diaryl/α,β-unsaturated/α-hetero) is 1. The largest absolute Gasteiger partial charge is 0.508 e. The summed E-state index contributed by atoms with van der Waals surface area (Å²) in [4.78, 5) is 21.5. The molecule has 1 aromatic carbocycles. The van der Waals surface area contributed by atoms with Gasteiger partial charge in [0.1, 0.15) is 5.75 Å². The van der Waals surface area contributed by atoms with Gasteiger partial charge >= 0.3 is 5.97 Å². The van der Waals surface area contributed by atoms with E-state index in [1.165, 1.54) is 19.1 Å². The first-order chi connectivity index (χ1) is 6.52. The van der Waals surface area contributed by atoms with Crippen LogP contribution in [-0.4, -0.2) is 22.0 Å². The molecule has 1 unspecified atom stereocenters. The van der Waals surface area contributed by atoms with Crippen molar-refractivity contribution in [3.05, 3.63) is 29.8 Å². The van der Waals surface area contributed by atoms with Crippen LogP contribution in [0.25, 0.3) is 0 Å². The van der Waals surface area contributed by atoms with Gasteiger partial charge in [0.05, 0.1) is 5.92 Å². The van der Waals surface area contributed by atoms with Gasteiger partial charge in [-0.15, -0.1) is 0 Å². The molecular weight excluding hydrogens is 184 g/mol. The van der Waals surface area contributed by atoms with E-state index in [1.807, 2.05) is 0 Å². The number of aliphatic carboxylic acids is 1. The number of ketones is 1. The monoisotopic (exact) mass is 194 g/mol. The fourth-order valence-corrected chi connectivity index (χ4v) is 1.13. The predicted molar refractivity (Wildman–Crippen MR) is 49.2 cm³/mol. The summed E-state index contributed by atoms with van der Waals surface area (Å²) in [6.45, 7) is 1.49. The van der Waals surface area contributed by atoms with Crippen LogP contribution in [0.1, 0.15) is 18.4 Å². The van der Waals surface area contributed by atoms with Gasteiger partial charge in [-0.25, -0.2) is 4.79 Å². The predicted octanol–water partition coefficient (Wildman–Crippen LogP) is 1.15. The summed E-state index contributed by atoms with van der Waals surface area (Å²) < 4.78 is 0. The van der Waals surface area contributed by atoms with Crippen LogP contribution in [0.2, 0.25) is 0 Å². The average Bonchev–Trinajstić information content (AvgIpc) is 2.15. The Balaban J connectivity index is 2.95. The fraction of sp³-hybridized carbons (Fsp3) is 0.200. The van der Waals surface area contributed by atoms with Crippen molar-refractivity contribution in [2.45, 2.75) is 12.8 Å². The Kier molecular flexibility index (Phi) is 2.86. The van der Waals surface area contributed by atoms with Gasteiger partial charge in [0, 0.05) is 0 Å². The molecule has 0 fully saturated rings. The van der Waals surface area contributed by atoms with Crippen LogP contribution in [-0.2, 0) is 9.59 Å². The number of carboxylic acids is 1. The Morgan fingerprint density at radius 2 is 2.00 bits per heavy atom. The highest BCUT2D eigenvalue weighted by atomic mass is 16.4. The maximum atomic E-state index is 11.1. The van der Waals surface area contributed by atoms with Gasteiger partial charge in [-0.1, -0.05) is 19.1 Å². The van der Waals surface area contributed by atoms with E-state index in [0.29, 0.717) is 5.56 Å². The Hall–Kier alpha value is -1.84. The van der Waals surface area contributed by atoms with Gasteiger partial charge in [0.15, 0.2) is 0 Å². The molecule has 0 bridgehead atoms. The first kappa shape index (κ1) is 10.2. The number of phenols is 1. The fourth-order valence-electron chi connectivity index (χ4n) is 1.13. The zero-order valence-corrected chi connectivity index (χ0v) is 7.60. The quantitative estimate of drug-likeness (QED) is 0.708. The molecule has 0 aliphatic carbocycles. The van der Waals surface area contributed by atoms with Gasteiger partial charge in [-0.05, 0) is 17.7 Å². The van der Waals surface area contributed by atoms with Crippen molar-refractivity contribution in [1.82, 2.24) is 0 Å². The van der Waals surface area contributed by atoms with Gasteiger partial charge in [-0.2, -0.15) is 0 Å². The van der Waals surface area contributed by atoms with Crippen LogP contribution in [0.5, 0.6) is 5.75 Å². The first-order valence-electron chi connectivity index (χ1n) is 4.08. The third-order valence-corrected chi connectivity index (χ3v) is 1.97. The summed E-state index contributed by atoms with van der Waals surface area (Å²) >= 11 is 0. The second-order valence-corrected chi connectivity index (χ2v) is 2.99. The highest BCUT2D eigenvalue weighted by molar-refractivity contribution is 6.34. The van der Waals surface area contributed by atoms with E-state index in [0.717, 1.165) is 0 Å². The molecular formula is C10H10O4. The Bertz CT molecular complexity index is 370. The van der Waals surface area contributed by atoms with E-state index in [9.17, 15) is 9.59 Å². The van der Waals surface area contributed by atoms with Crippen molar-refractivity contribution >= 4 is 11.8 Å². The molecule has 0 radical (unpaired) electrons. The lowest BCUT2D eigenvalue weighted by Gasteiger charge is -2.07. The lowest BCUT2D eigenvalue weighted by atomic mass is 9.97. The number of carbonyl (C=O) groups excluding carboxylic acids is 1. The molecule has 0 amide bonds. The van der Waals surface area contributed by atoms with E-state index < -0.39 is 17.7 Å². The maximum Gasteiger partial charge on any atom is 0.372 e. The molecule has 0 saturated carbocycles. The summed E-state index contributed by atoms with van der Waals surface area (Å²) in [5.74, 6) is -3.05. The van der Waals surface area contributed by atoms with E-state index in [4.69, 9.17) is 10.2 Å². The maximum absolute atomic E-state index is 11.1. The molecule has 4 nitrogen and oxygen atoms in total. The smallest absolute Gasteiger partial charge is 0.372 e. The lowest BCUT2D eigenvalue weighted by molar-refractivity contribution is -0.149. The van der Waals surface area contributed by atoms with Crippen LogP contribution in [0.3, 0.4) is 0 Å². The van der Waals surface area contributed by atoms with Gasteiger partial charge in [0.2, 0.25) is 5.78 Å². The zero-order valence-electron chi connectivity index (χ0n) is 7.60. The molecule has 1 rings (SSSR count). The van der Waals surface area contributed by atoms with E-state index in [-0.39, 0.29) is 5.75 Å². The van der Waals surface area contributed by atoms with Crippen LogP contribution in [0.15, 0.2) is 24.3 Å². The van der Waals surface area contributed by atoms with Gasteiger partial charge < -0.3 is 10.2 Å². The summed E-state index contributed by atoms with van der Waals surface area (Å²) in [6.07, 6.45) is 0. The number of hydrogen-bond acceptors (Lipinski definition) is 3. The van der Waals surface area contributed by atoms with Crippen molar-refractivity contribution < 1.29 is 19.8 Å². The Morgan fingerprint density at radius 1 is 1.36 bits per heavy atom. The zero-order chi connectivity index (χ0) is 10.7. The van der Waals surface area contributed by atoms with Gasteiger partial charge in [-0.3, -0.25) is 4.79 Å². The van der Waals surface area contributed by atoms with E-state index in [1.54, 1.807) is 12.1 Å². The summed E-state index contributed by atoms with van der Waals surface area (Å²) in [7, 11) is 0. The molecule has 14 heavy (non-hydrogen) atoms. The normalized spacial score (nSPS) is 12.1. The van der Waals surface area contributed by atoms with E-state index >= 15 is 0 Å². The van der Waals surface area contributed by atoms with Crippen molar-refractivity contribution in [3.8, 4) is 5.75 Å². The molecule has 0 saturated heterocycles. The highest BCUT2D eigenvalue weighted by Gasteiger charge is 2.21. The number of carboxylic acid groups (broad SMARTS) is 1. The first-order valence-corrected chi connectivity index (χ1v) is 4.08. The molecule has 0 spiro atoms. The topological polar surface area (TPSA) is 74.6 Å². The molecule has 1 atom stereocenters. The Morgan fingerprint density at radius 3 is 2.50 bits per heavy atom. The minimum Gasteiger partial charge on any atom is -0.508 e. The van der Waals surface area contributed by atoms with Crippen molar-refractivity contribution in [2.75, 3.05) is 0 Å². The molecule has 74 valence electrons. The molecule has 1 aromatic rings. The molecule has 0 aliphatic rings. The van der Waals surface area contributed by atoms with Crippen molar-refractivity contribution in [1.29, 1.82) is 0 Å². The minimum atomic E-state index is -1.46. The third kappa shape index (κ3) is 2.10. The van der Waals surface area contributed by atoms with Crippen molar-refractivity contribution in [2.24, 2.45) is 0 Å². The summed E-state index contributed by atoms with van der Waals surface area (Å²) in [6, 6.07) is 6.01. The Labute approximate surface area is 80.8 Å². The SMILES string of the molecule is CC(C(=O)C(=O)O)c1cccc(O)c1. The van der Waals surface area contributed by atoms with Crippen LogP contribution in [0, 0.1) is 0 Å². The number of phenolic OH excluding ortho intramolecular Hbond substituents is 1. The lowest BCUT2D eigenvalue weighted by Crippen LogP contribution is -2.19. The average molecular weight is 194 g/mol. The van der Waals surface area contributed by atoms with E-state index in [2.05, 4.69) is 0 Å². The molecule has 0 aromatic heterocycles. The molecule has 4 heteroatoms. The number of aromatic hydroxyl groups is 1. The standard InChI is InChI=1S/C10H10O4/c1-6(9(12)10(13)14)7-3-2-4-8(11)5-7/h2-6,11H,1H3,(H,13,14). The van der Waals surface area contributed by atoms with Crippen LogP contribution in [0.4, 0.5) is 0 Å². The van der Waals surface area contributed by atoms with Crippen LogP contribution >= 0.6 is 0 Å². The third-order valence-electron chi connectivity index (χ3n) is 1.97. The highest BCUT2D eigenvalue weighted by Crippen LogP contribution is 2.20. The number of hydrogen-bond donors (Lipinski definition) is 2. The van der Waals surface area contributed by atoms with Crippen molar-refractivity contribution in [3.63, 3.8) is 0 Å². The number of benzene rings is 1. The summed E-state index contributed by atoms with van der Waals surface area (Å²) in [5.41, 5.74) is 0.498. The number of carbonyl (C=O) groups is 2. The molecule has 2 N–H and O–H groups in total. The van der Waals surface area contributed by atoms with Crippen LogP contribution < -0.4 is 0 Å². The number of rotatable bonds is 3.